The Morgan fingerprint density at radius 3 is 2.71 bits per heavy atom. The molecule has 0 unspecified atom stereocenters. The van der Waals surface area contributed by atoms with E-state index in [0.29, 0.717) is 5.56 Å². The van der Waals surface area contributed by atoms with E-state index < -0.39 is 11.2 Å². The lowest BCUT2D eigenvalue weighted by Crippen LogP contribution is -1.97. The van der Waals surface area contributed by atoms with Crippen molar-refractivity contribution in [2.45, 2.75) is 0 Å². The lowest BCUT2D eigenvalue weighted by molar-refractivity contribution is 0.424. The van der Waals surface area contributed by atoms with Crippen molar-refractivity contribution in [3.05, 3.63) is 64.0 Å². The fraction of sp³-hybridized carbons (Fsp3) is 0. The molecule has 86 valence electrons. The zero-order valence-electron chi connectivity index (χ0n) is 8.76. The van der Waals surface area contributed by atoms with Gasteiger partial charge in [-0.2, -0.15) is 0 Å². The van der Waals surface area contributed by atoms with Crippen LogP contribution >= 0.6 is 0 Å². The zero-order chi connectivity index (χ0) is 12.3. The largest absolute Gasteiger partial charge is 0.502 e. The summed E-state index contributed by atoms with van der Waals surface area (Å²) in [5.74, 6) is -0.873. The summed E-state index contributed by atoms with van der Waals surface area (Å²) < 4.78 is 18.2. The molecule has 1 heterocycles. The van der Waals surface area contributed by atoms with Gasteiger partial charge in [-0.05, 0) is 18.2 Å². The number of rotatable bonds is 2. The third-order valence-corrected chi connectivity index (χ3v) is 2.20. The number of hydrogen-bond acceptors (Lipinski definition) is 3. The Bertz CT molecular complexity index is 614. The molecule has 0 fully saturated rings. The molecule has 0 atom stereocenters. The summed E-state index contributed by atoms with van der Waals surface area (Å²) in [6, 6.07) is 7.26. The lowest BCUT2D eigenvalue weighted by atomic mass is 10.2. The van der Waals surface area contributed by atoms with Crippen LogP contribution in [-0.4, -0.2) is 5.11 Å². The van der Waals surface area contributed by atoms with Crippen LogP contribution in [0.4, 0.5) is 4.39 Å². The normalized spacial score (nSPS) is 10.9. The maximum absolute atomic E-state index is 13.3. The number of halogens is 1. The first kappa shape index (κ1) is 11.1. The van der Waals surface area contributed by atoms with Gasteiger partial charge in [-0.25, -0.2) is 4.39 Å². The van der Waals surface area contributed by atoms with Crippen molar-refractivity contribution in [3.63, 3.8) is 0 Å². The molecular weight excluding hydrogens is 223 g/mol. The molecule has 3 nitrogen and oxygen atoms in total. The second-order valence-corrected chi connectivity index (χ2v) is 3.35. The standard InChI is InChI=1S/C13H9FO3/c14-10-4-2-1-3-9(10)5-6-12-13(16)11(15)7-8-17-12/h1-8,16H/b6-5+. The van der Waals surface area contributed by atoms with Gasteiger partial charge in [0.1, 0.15) is 5.82 Å². The summed E-state index contributed by atoms with van der Waals surface area (Å²) in [5.41, 5.74) is -0.192. The Hall–Kier alpha value is -2.36. The Morgan fingerprint density at radius 2 is 1.94 bits per heavy atom. The van der Waals surface area contributed by atoms with Crippen LogP contribution in [0.15, 0.2) is 45.8 Å². The van der Waals surface area contributed by atoms with Crippen LogP contribution in [0.1, 0.15) is 11.3 Å². The van der Waals surface area contributed by atoms with Crippen LogP contribution < -0.4 is 5.43 Å². The van der Waals surface area contributed by atoms with Crippen molar-refractivity contribution in [3.8, 4) is 5.75 Å². The van der Waals surface area contributed by atoms with Gasteiger partial charge < -0.3 is 9.52 Å². The van der Waals surface area contributed by atoms with E-state index in [0.717, 1.165) is 6.07 Å². The fourth-order valence-electron chi connectivity index (χ4n) is 1.32. The Kier molecular flexibility index (Phi) is 3.05. The maximum Gasteiger partial charge on any atom is 0.227 e. The minimum absolute atomic E-state index is 0.000697. The van der Waals surface area contributed by atoms with E-state index >= 15 is 0 Å². The molecule has 4 heteroatoms. The van der Waals surface area contributed by atoms with Crippen LogP contribution in [-0.2, 0) is 0 Å². The minimum atomic E-state index is -0.538. The lowest BCUT2D eigenvalue weighted by Gasteiger charge is -1.97. The van der Waals surface area contributed by atoms with Gasteiger partial charge in [0.2, 0.25) is 11.2 Å². The van der Waals surface area contributed by atoms with Gasteiger partial charge in [0, 0.05) is 11.6 Å². The van der Waals surface area contributed by atoms with Crippen LogP contribution in [0.5, 0.6) is 5.75 Å². The summed E-state index contributed by atoms with van der Waals surface area (Å²) in [6.45, 7) is 0. The van der Waals surface area contributed by atoms with Crippen LogP contribution in [0, 0.1) is 5.82 Å². The van der Waals surface area contributed by atoms with Crippen molar-refractivity contribution >= 4 is 12.2 Å². The van der Waals surface area contributed by atoms with E-state index in [-0.39, 0.29) is 11.6 Å². The molecule has 0 aliphatic rings. The van der Waals surface area contributed by atoms with Gasteiger partial charge in [-0.1, -0.05) is 18.2 Å². The Balaban J connectivity index is 2.36. The quantitative estimate of drug-likeness (QED) is 0.865. The predicted molar refractivity (Wildman–Crippen MR) is 62.0 cm³/mol. The third kappa shape index (κ3) is 2.42. The SMILES string of the molecule is O=c1ccoc(/C=C/c2ccccc2F)c1O. The van der Waals surface area contributed by atoms with Crippen molar-refractivity contribution in [2.75, 3.05) is 0 Å². The van der Waals surface area contributed by atoms with Crippen LogP contribution in [0.25, 0.3) is 12.2 Å². The second-order valence-electron chi connectivity index (χ2n) is 3.35. The molecule has 17 heavy (non-hydrogen) atoms. The molecule has 2 rings (SSSR count). The number of hydrogen-bond donors (Lipinski definition) is 1. The first-order valence-corrected chi connectivity index (χ1v) is 4.92. The highest BCUT2D eigenvalue weighted by molar-refractivity contribution is 5.69. The van der Waals surface area contributed by atoms with E-state index in [1.54, 1.807) is 18.2 Å². The topological polar surface area (TPSA) is 50.4 Å². The highest BCUT2D eigenvalue weighted by Gasteiger charge is 2.03. The van der Waals surface area contributed by atoms with Crippen LogP contribution in [0.3, 0.4) is 0 Å². The van der Waals surface area contributed by atoms with E-state index in [4.69, 9.17) is 4.42 Å². The van der Waals surface area contributed by atoms with Gasteiger partial charge in [-0.3, -0.25) is 4.79 Å². The van der Waals surface area contributed by atoms with Gasteiger partial charge in [0.05, 0.1) is 6.26 Å². The van der Waals surface area contributed by atoms with Gasteiger partial charge >= 0.3 is 0 Å². The molecule has 0 spiro atoms. The average Bonchev–Trinajstić information content (AvgIpc) is 2.33. The average molecular weight is 232 g/mol. The van der Waals surface area contributed by atoms with Crippen molar-refractivity contribution in [1.29, 1.82) is 0 Å². The molecule has 0 saturated heterocycles. The minimum Gasteiger partial charge on any atom is -0.502 e. The van der Waals surface area contributed by atoms with E-state index in [9.17, 15) is 14.3 Å². The highest BCUT2D eigenvalue weighted by Crippen LogP contribution is 2.16. The Morgan fingerprint density at radius 1 is 1.18 bits per heavy atom. The molecule has 0 saturated carbocycles. The summed E-state index contributed by atoms with van der Waals surface area (Å²) in [5, 5.41) is 9.39. The molecule has 1 aromatic heterocycles. The molecule has 1 N–H and O–H groups in total. The fourth-order valence-corrected chi connectivity index (χ4v) is 1.32. The first-order chi connectivity index (χ1) is 8.18. The van der Waals surface area contributed by atoms with E-state index in [1.165, 1.54) is 24.5 Å². The van der Waals surface area contributed by atoms with Crippen molar-refractivity contribution < 1.29 is 13.9 Å². The highest BCUT2D eigenvalue weighted by atomic mass is 19.1. The van der Waals surface area contributed by atoms with Gasteiger partial charge in [0.25, 0.3) is 0 Å². The van der Waals surface area contributed by atoms with Gasteiger partial charge in [-0.15, -0.1) is 0 Å². The maximum atomic E-state index is 13.3. The molecule has 0 bridgehead atoms. The molecule has 0 aliphatic carbocycles. The second kappa shape index (κ2) is 4.65. The van der Waals surface area contributed by atoms with Gasteiger partial charge in [0.15, 0.2) is 5.76 Å². The number of aromatic hydroxyl groups is 1. The monoisotopic (exact) mass is 232 g/mol. The number of benzene rings is 1. The zero-order valence-corrected chi connectivity index (χ0v) is 8.76. The molecule has 0 aliphatic heterocycles. The summed E-state index contributed by atoms with van der Waals surface area (Å²) >= 11 is 0. The predicted octanol–water partition coefficient (Wildman–Crippen LogP) is 2.65. The molecule has 0 radical (unpaired) electrons. The van der Waals surface area contributed by atoms with Crippen molar-refractivity contribution in [1.82, 2.24) is 0 Å². The van der Waals surface area contributed by atoms with E-state index in [1.807, 2.05) is 0 Å². The summed E-state index contributed by atoms with van der Waals surface area (Å²) in [4.78, 5) is 11.1. The van der Waals surface area contributed by atoms with E-state index in [2.05, 4.69) is 0 Å². The Labute approximate surface area is 96.5 Å². The summed E-state index contributed by atoms with van der Waals surface area (Å²) in [6.07, 6.45) is 3.94. The smallest absolute Gasteiger partial charge is 0.227 e. The summed E-state index contributed by atoms with van der Waals surface area (Å²) in [7, 11) is 0. The molecular formula is C13H9FO3. The van der Waals surface area contributed by atoms with Crippen molar-refractivity contribution in [2.24, 2.45) is 0 Å². The first-order valence-electron chi connectivity index (χ1n) is 4.92. The molecule has 1 aromatic carbocycles. The molecule has 0 amide bonds. The molecule has 2 aromatic rings. The van der Waals surface area contributed by atoms with Crippen LogP contribution in [0.2, 0.25) is 0 Å². The third-order valence-electron chi connectivity index (χ3n) is 2.20.